The van der Waals surface area contributed by atoms with Crippen LogP contribution in [0.15, 0.2) is 0 Å². The predicted molar refractivity (Wildman–Crippen MR) is 76.5 cm³/mol. The zero-order valence-electron chi connectivity index (χ0n) is 11.7. The Labute approximate surface area is 109 Å². The van der Waals surface area contributed by atoms with Gasteiger partial charge in [-0.15, -0.1) is 0 Å². The average Bonchev–Trinajstić information content (AvgIpc) is 2.30. The van der Waals surface area contributed by atoms with E-state index in [1.807, 2.05) is 0 Å². The maximum Gasteiger partial charge on any atom is 0.0499 e. The summed E-state index contributed by atoms with van der Waals surface area (Å²) in [6.45, 7) is 6.57. The van der Waals surface area contributed by atoms with Crippen molar-refractivity contribution in [3.63, 3.8) is 0 Å². The van der Waals surface area contributed by atoms with Crippen LogP contribution in [0, 0.1) is 5.92 Å². The highest BCUT2D eigenvalue weighted by molar-refractivity contribution is 7.86. The quantitative estimate of drug-likeness (QED) is 0.796. The highest BCUT2D eigenvalue weighted by Crippen LogP contribution is 2.29. The minimum Gasteiger partial charge on any atom is -0.327 e. The molecule has 0 amide bonds. The normalized spacial score (nSPS) is 30.8. The van der Waals surface area contributed by atoms with Crippen molar-refractivity contribution in [2.75, 3.05) is 0 Å². The predicted octanol–water partition coefficient (Wildman–Crippen LogP) is 3.22. The maximum atomic E-state index is 12.6. The van der Waals surface area contributed by atoms with Crippen molar-refractivity contribution in [3.8, 4) is 0 Å². The molecule has 2 N–H and O–H groups in total. The van der Waals surface area contributed by atoms with E-state index in [2.05, 4.69) is 20.8 Å². The second-order valence-corrected chi connectivity index (χ2v) is 7.55. The molecule has 5 unspecified atom stereocenters. The number of rotatable bonds is 6. The number of hydrogen-bond donors (Lipinski definition) is 1. The van der Waals surface area contributed by atoms with Gasteiger partial charge >= 0.3 is 0 Å². The fourth-order valence-corrected chi connectivity index (χ4v) is 5.22. The molecule has 1 rings (SSSR count). The molecule has 102 valence electrons. The molecule has 1 saturated carbocycles. The van der Waals surface area contributed by atoms with E-state index in [9.17, 15) is 4.21 Å². The fraction of sp³-hybridized carbons (Fsp3) is 1.00. The molecular formula is C14H29NOS. The summed E-state index contributed by atoms with van der Waals surface area (Å²) >= 11 is 0. The third kappa shape index (κ3) is 4.36. The van der Waals surface area contributed by atoms with Gasteiger partial charge in [0.15, 0.2) is 0 Å². The van der Waals surface area contributed by atoms with Crippen LogP contribution >= 0.6 is 0 Å². The zero-order chi connectivity index (χ0) is 12.8. The molecular weight excluding hydrogens is 230 g/mol. The molecule has 0 heterocycles. The lowest BCUT2D eigenvalue weighted by atomic mass is 9.90. The highest BCUT2D eigenvalue weighted by Gasteiger charge is 2.30. The van der Waals surface area contributed by atoms with Gasteiger partial charge in [0.1, 0.15) is 0 Å². The summed E-state index contributed by atoms with van der Waals surface area (Å²) in [5.74, 6) is 0.748. The molecule has 0 aromatic rings. The van der Waals surface area contributed by atoms with Gasteiger partial charge < -0.3 is 5.73 Å². The largest absolute Gasteiger partial charge is 0.327 e. The van der Waals surface area contributed by atoms with Crippen molar-refractivity contribution in [2.24, 2.45) is 11.7 Å². The molecule has 1 fully saturated rings. The Morgan fingerprint density at radius 2 is 2.06 bits per heavy atom. The number of nitrogens with two attached hydrogens (primary N) is 1. The molecule has 5 atom stereocenters. The molecule has 0 radical (unpaired) electrons. The first-order valence-corrected chi connectivity index (χ1v) is 8.52. The van der Waals surface area contributed by atoms with Gasteiger partial charge in [0.25, 0.3) is 0 Å². The Balaban J connectivity index is 2.58. The van der Waals surface area contributed by atoms with Gasteiger partial charge in [0.05, 0.1) is 0 Å². The minimum atomic E-state index is -0.722. The van der Waals surface area contributed by atoms with Gasteiger partial charge in [-0.2, -0.15) is 0 Å². The van der Waals surface area contributed by atoms with Crippen LogP contribution in [0.4, 0.5) is 0 Å². The monoisotopic (exact) mass is 259 g/mol. The summed E-state index contributed by atoms with van der Waals surface area (Å²) in [6, 6.07) is 0.128. The third-order valence-electron chi connectivity index (χ3n) is 4.02. The van der Waals surface area contributed by atoms with E-state index in [1.54, 1.807) is 0 Å². The summed E-state index contributed by atoms with van der Waals surface area (Å²) in [4.78, 5) is 0. The van der Waals surface area contributed by atoms with E-state index >= 15 is 0 Å². The van der Waals surface area contributed by atoms with E-state index < -0.39 is 10.8 Å². The van der Waals surface area contributed by atoms with E-state index in [0.717, 1.165) is 38.0 Å². The first-order chi connectivity index (χ1) is 8.10. The second-order valence-electron chi connectivity index (χ2n) is 5.62. The lowest BCUT2D eigenvalue weighted by Gasteiger charge is -2.31. The van der Waals surface area contributed by atoms with Crippen LogP contribution < -0.4 is 5.73 Å². The van der Waals surface area contributed by atoms with Crippen molar-refractivity contribution in [1.82, 2.24) is 0 Å². The topological polar surface area (TPSA) is 43.1 Å². The molecule has 0 aromatic carbocycles. The van der Waals surface area contributed by atoms with Gasteiger partial charge in [-0.25, -0.2) is 0 Å². The van der Waals surface area contributed by atoms with Crippen LogP contribution in [-0.4, -0.2) is 20.8 Å². The third-order valence-corrected chi connectivity index (χ3v) is 6.38. The average molecular weight is 259 g/mol. The molecule has 1 aliphatic carbocycles. The van der Waals surface area contributed by atoms with Crippen LogP contribution in [0.25, 0.3) is 0 Å². The molecule has 3 heteroatoms. The van der Waals surface area contributed by atoms with E-state index in [0.29, 0.717) is 5.25 Å². The van der Waals surface area contributed by atoms with Crippen molar-refractivity contribution in [1.29, 1.82) is 0 Å². The van der Waals surface area contributed by atoms with Gasteiger partial charge in [-0.05, 0) is 31.6 Å². The van der Waals surface area contributed by atoms with Crippen LogP contribution in [0.2, 0.25) is 0 Å². The van der Waals surface area contributed by atoms with Gasteiger partial charge in [-0.1, -0.05) is 40.0 Å². The molecule has 0 bridgehead atoms. The van der Waals surface area contributed by atoms with Crippen LogP contribution in [0.1, 0.15) is 65.7 Å². The van der Waals surface area contributed by atoms with E-state index in [-0.39, 0.29) is 11.3 Å². The molecule has 0 aromatic heterocycles. The van der Waals surface area contributed by atoms with E-state index in [1.165, 1.54) is 12.8 Å². The smallest absolute Gasteiger partial charge is 0.0499 e. The lowest BCUT2D eigenvalue weighted by molar-refractivity contribution is 0.386. The lowest BCUT2D eigenvalue weighted by Crippen LogP contribution is -2.41. The Bertz CT molecular complexity index is 244. The molecule has 2 nitrogen and oxygen atoms in total. The van der Waals surface area contributed by atoms with Gasteiger partial charge in [0.2, 0.25) is 0 Å². The molecule has 0 aliphatic heterocycles. The first-order valence-electron chi connectivity index (χ1n) is 7.25. The SMILES string of the molecule is CCCC(N)C(CC)S(=O)C1CCCC(C)C1. The summed E-state index contributed by atoms with van der Waals surface area (Å²) < 4.78 is 12.6. The summed E-state index contributed by atoms with van der Waals surface area (Å²) in [5.41, 5.74) is 6.19. The summed E-state index contributed by atoms with van der Waals surface area (Å²) in [6.07, 6.45) is 7.90. The zero-order valence-corrected chi connectivity index (χ0v) is 12.5. The Morgan fingerprint density at radius 1 is 1.35 bits per heavy atom. The molecule has 17 heavy (non-hydrogen) atoms. The summed E-state index contributed by atoms with van der Waals surface area (Å²) in [7, 11) is -0.722. The standard InChI is InChI=1S/C14H29NOS/c1-4-7-13(15)14(5-2)17(16)12-9-6-8-11(3)10-12/h11-14H,4-10,15H2,1-3H3. The Hall–Kier alpha value is 0.110. The molecule has 0 saturated heterocycles. The van der Waals surface area contributed by atoms with Crippen molar-refractivity contribution in [3.05, 3.63) is 0 Å². The minimum absolute atomic E-state index is 0.128. The molecule has 1 aliphatic rings. The Kier molecular flexibility index (Phi) is 6.71. The molecule has 0 spiro atoms. The van der Waals surface area contributed by atoms with Crippen molar-refractivity contribution in [2.45, 2.75) is 82.3 Å². The summed E-state index contributed by atoms with van der Waals surface area (Å²) in [5, 5.41) is 0.622. The highest BCUT2D eigenvalue weighted by atomic mass is 32.2. The van der Waals surface area contributed by atoms with Crippen molar-refractivity contribution < 1.29 is 4.21 Å². The van der Waals surface area contributed by atoms with Gasteiger partial charge in [0, 0.05) is 27.3 Å². The maximum absolute atomic E-state index is 12.6. The van der Waals surface area contributed by atoms with Crippen LogP contribution in [-0.2, 0) is 10.8 Å². The van der Waals surface area contributed by atoms with E-state index in [4.69, 9.17) is 5.73 Å². The second kappa shape index (κ2) is 7.52. The fourth-order valence-electron chi connectivity index (χ4n) is 3.00. The van der Waals surface area contributed by atoms with Crippen LogP contribution in [0.3, 0.4) is 0 Å². The first kappa shape index (κ1) is 15.2. The van der Waals surface area contributed by atoms with Crippen LogP contribution in [0.5, 0.6) is 0 Å². The number of hydrogen-bond acceptors (Lipinski definition) is 2. The Morgan fingerprint density at radius 3 is 2.59 bits per heavy atom. The van der Waals surface area contributed by atoms with Crippen molar-refractivity contribution >= 4 is 10.8 Å². The van der Waals surface area contributed by atoms with Gasteiger partial charge in [-0.3, -0.25) is 4.21 Å².